The summed E-state index contributed by atoms with van der Waals surface area (Å²) in [5.41, 5.74) is 4.03. The third kappa shape index (κ3) is 2.82. The van der Waals surface area contributed by atoms with Crippen LogP contribution in [-0.4, -0.2) is 32.4 Å². The number of benzene rings is 1. The van der Waals surface area contributed by atoms with E-state index >= 15 is 0 Å². The van der Waals surface area contributed by atoms with Crippen molar-refractivity contribution < 1.29 is 9.53 Å². The molecule has 7 heteroatoms. The van der Waals surface area contributed by atoms with Gasteiger partial charge in [0, 0.05) is 4.47 Å². The molecule has 0 saturated carbocycles. The quantitative estimate of drug-likeness (QED) is 0.506. The predicted octanol–water partition coefficient (Wildman–Crippen LogP) is 3.51. The lowest BCUT2D eigenvalue weighted by atomic mass is 10.1. The summed E-state index contributed by atoms with van der Waals surface area (Å²) in [5.74, 6) is -0.542. The first-order chi connectivity index (χ1) is 11.5. The van der Waals surface area contributed by atoms with Crippen LogP contribution in [0.5, 0.6) is 0 Å². The van der Waals surface area contributed by atoms with E-state index in [2.05, 4.69) is 37.8 Å². The van der Waals surface area contributed by atoms with Gasteiger partial charge in [-0.15, -0.1) is 10.2 Å². The van der Waals surface area contributed by atoms with Gasteiger partial charge in [0.2, 0.25) is 0 Å². The van der Waals surface area contributed by atoms with Crippen molar-refractivity contribution in [1.29, 1.82) is 0 Å². The number of halogens is 1. The minimum Gasteiger partial charge on any atom is -0.457 e. The lowest BCUT2D eigenvalue weighted by molar-refractivity contribution is 0.0539. The van der Waals surface area contributed by atoms with Crippen molar-refractivity contribution in [1.82, 2.24) is 19.8 Å². The highest BCUT2D eigenvalue weighted by atomic mass is 79.9. The molecule has 0 amide bonds. The molecule has 2 aromatic heterocycles. The zero-order chi connectivity index (χ0) is 17.3. The zero-order valence-corrected chi connectivity index (χ0v) is 14.9. The van der Waals surface area contributed by atoms with E-state index in [4.69, 9.17) is 4.74 Å². The Kier molecular flexibility index (Phi) is 4.44. The molecule has 2 heterocycles. The summed E-state index contributed by atoms with van der Waals surface area (Å²) in [6.07, 6.45) is 1.50. The number of nitrogens with zero attached hydrogens (tertiary/aromatic N) is 4. The third-order valence-electron chi connectivity index (χ3n) is 3.60. The van der Waals surface area contributed by atoms with Gasteiger partial charge in [0.1, 0.15) is 6.61 Å². The van der Waals surface area contributed by atoms with E-state index in [0.29, 0.717) is 11.3 Å². The van der Waals surface area contributed by atoms with Crippen molar-refractivity contribution in [2.24, 2.45) is 0 Å². The molecular formula is C17H15BrN4O2. The number of esters is 1. The monoisotopic (exact) mass is 386 g/mol. The highest BCUT2D eigenvalue weighted by Gasteiger charge is 2.20. The van der Waals surface area contributed by atoms with Gasteiger partial charge in [0.15, 0.2) is 11.3 Å². The molecule has 0 fully saturated rings. The maximum atomic E-state index is 12.0. The molecule has 3 rings (SSSR count). The molecule has 3 aromatic rings. The number of carbonyl (C=O) groups excluding carboxylic acids is 1. The Morgan fingerprint density at radius 2 is 2.00 bits per heavy atom. The Morgan fingerprint density at radius 3 is 2.67 bits per heavy atom. The second kappa shape index (κ2) is 6.52. The van der Waals surface area contributed by atoms with Crippen LogP contribution in [0.4, 0.5) is 0 Å². The molecule has 0 aliphatic rings. The topological polar surface area (TPSA) is 69.4 Å². The lowest BCUT2D eigenvalue weighted by Gasteiger charge is -2.06. The summed E-state index contributed by atoms with van der Waals surface area (Å²) in [7, 11) is 0. The van der Waals surface area contributed by atoms with Crippen molar-refractivity contribution in [3.8, 4) is 11.1 Å². The highest BCUT2D eigenvalue weighted by molar-refractivity contribution is 9.10. The van der Waals surface area contributed by atoms with Crippen LogP contribution in [-0.2, 0) is 4.74 Å². The summed E-state index contributed by atoms with van der Waals surface area (Å²) >= 11 is 3.43. The Morgan fingerprint density at radius 1 is 1.29 bits per heavy atom. The molecule has 0 aliphatic heterocycles. The van der Waals surface area contributed by atoms with Crippen molar-refractivity contribution in [2.45, 2.75) is 13.8 Å². The summed E-state index contributed by atoms with van der Waals surface area (Å²) in [4.78, 5) is 12.0. The Labute approximate surface area is 147 Å². The van der Waals surface area contributed by atoms with Crippen LogP contribution < -0.4 is 0 Å². The molecule has 24 heavy (non-hydrogen) atoms. The number of rotatable bonds is 4. The number of carbonyl (C=O) groups is 1. The van der Waals surface area contributed by atoms with Crippen LogP contribution in [0.15, 0.2) is 41.4 Å². The average Bonchev–Trinajstić information content (AvgIpc) is 2.91. The molecule has 0 saturated heterocycles. The second-order valence-corrected chi connectivity index (χ2v) is 6.14. The number of hydrogen-bond donors (Lipinski definition) is 0. The van der Waals surface area contributed by atoms with E-state index in [1.807, 2.05) is 31.2 Å². The minimum atomic E-state index is -0.542. The zero-order valence-electron chi connectivity index (χ0n) is 13.3. The maximum absolute atomic E-state index is 12.0. The van der Waals surface area contributed by atoms with Gasteiger partial charge in [-0.25, -0.2) is 9.31 Å². The van der Waals surface area contributed by atoms with Gasteiger partial charge in [-0.1, -0.05) is 40.7 Å². The maximum Gasteiger partial charge on any atom is 0.361 e. The van der Waals surface area contributed by atoms with E-state index in [1.165, 1.54) is 6.08 Å². The summed E-state index contributed by atoms with van der Waals surface area (Å²) in [6, 6.07) is 7.88. The minimum absolute atomic E-state index is 0.125. The molecule has 0 unspecified atom stereocenters. The Hall–Kier alpha value is -2.54. The standard InChI is InChI=1S/C17H15BrN4O2/c1-4-9-24-17(23)15-11(3)22-16(20-19-15)14(10(2)21-22)12-5-7-13(18)8-6-12/h4-8H,1,9H2,2-3H3. The molecule has 0 atom stereocenters. The lowest BCUT2D eigenvalue weighted by Crippen LogP contribution is -2.14. The van der Waals surface area contributed by atoms with Crippen LogP contribution in [0.1, 0.15) is 21.9 Å². The molecule has 0 radical (unpaired) electrons. The number of fused-ring (bicyclic) bond motifs is 1. The largest absolute Gasteiger partial charge is 0.457 e. The van der Waals surface area contributed by atoms with Crippen molar-refractivity contribution >= 4 is 27.5 Å². The first-order valence-corrected chi connectivity index (χ1v) is 8.08. The van der Waals surface area contributed by atoms with Crippen molar-refractivity contribution in [2.75, 3.05) is 6.61 Å². The van der Waals surface area contributed by atoms with Crippen LogP contribution in [0, 0.1) is 13.8 Å². The molecule has 0 spiro atoms. The molecule has 122 valence electrons. The summed E-state index contributed by atoms with van der Waals surface area (Å²) < 4.78 is 7.66. The molecule has 6 nitrogen and oxygen atoms in total. The van der Waals surface area contributed by atoms with Gasteiger partial charge in [0.05, 0.1) is 17.0 Å². The van der Waals surface area contributed by atoms with Crippen molar-refractivity contribution in [3.05, 3.63) is 58.5 Å². The van der Waals surface area contributed by atoms with Gasteiger partial charge >= 0.3 is 5.97 Å². The normalized spacial score (nSPS) is 10.8. The second-order valence-electron chi connectivity index (χ2n) is 5.22. The van der Waals surface area contributed by atoms with Gasteiger partial charge in [-0.3, -0.25) is 0 Å². The van der Waals surface area contributed by atoms with Gasteiger partial charge in [0.25, 0.3) is 0 Å². The van der Waals surface area contributed by atoms with Crippen LogP contribution in [0.2, 0.25) is 0 Å². The number of aryl methyl sites for hydroxylation is 2. The van der Waals surface area contributed by atoms with Gasteiger partial charge in [-0.2, -0.15) is 5.10 Å². The highest BCUT2D eigenvalue weighted by Crippen LogP contribution is 2.28. The summed E-state index contributed by atoms with van der Waals surface area (Å²) in [5, 5.41) is 12.8. The average molecular weight is 387 g/mol. The van der Waals surface area contributed by atoms with E-state index < -0.39 is 5.97 Å². The van der Waals surface area contributed by atoms with Crippen LogP contribution in [0.3, 0.4) is 0 Å². The molecular weight excluding hydrogens is 372 g/mol. The van der Waals surface area contributed by atoms with Gasteiger partial charge in [-0.05, 0) is 31.5 Å². The van der Waals surface area contributed by atoms with Crippen molar-refractivity contribution in [3.63, 3.8) is 0 Å². The fourth-order valence-corrected chi connectivity index (χ4v) is 2.72. The van der Waals surface area contributed by atoms with Gasteiger partial charge < -0.3 is 4.74 Å². The Bertz CT molecular complexity index is 932. The van der Waals surface area contributed by atoms with E-state index in [9.17, 15) is 4.79 Å². The van der Waals surface area contributed by atoms with Crippen LogP contribution in [0.25, 0.3) is 16.8 Å². The molecule has 0 bridgehead atoms. The fourth-order valence-electron chi connectivity index (χ4n) is 2.46. The fraction of sp³-hybridized carbons (Fsp3) is 0.176. The first kappa shape index (κ1) is 16.3. The van der Waals surface area contributed by atoms with Crippen LogP contribution >= 0.6 is 15.9 Å². The number of ether oxygens (including phenoxy) is 1. The van der Waals surface area contributed by atoms with E-state index in [1.54, 1.807) is 11.4 Å². The Balaban J connectivity index is 2.13. The third-order valence-corrected chi connectivity index (χ3v) is 4.13. The predicted molar refractivity (Wildman–Crippen MR) is 93.9 cm³/mol. The van der Waals surface area contributed by atoms with E-state index in [-0.39, 0.29) is 12.3 Å². The smallest absolute Gasteiger partial charge is 0.361 e. The molecule has 1 aromatic carbocycles. The van der Waals surface area contributed by atoms with E-state index in [0.717, 1.165) is 21.3 Å². The molecule has 0 aliphatic carbocycles. The number of aromatic nitrogens is 4. The first-order valence-electron chi connectivity index (χ1n) is 7.29. The summed E-state index contributed by atoms with van der Waals surface area (Å²) in [6.45, 7) is 7.32. The number of hydrogen-bond acceptors (Lipinski definition) is 5. The molecule has 0 N–H and O–H groups in total. The SMILES string of the molecule is C=CCOC(=O)c1nnc2c(-c3ccc(Br)cc3)c(C)nn2c1C.